The Morgan fingerprint density at radius 2 is 1.35 bits per heavy atom. The van der Waals surface area contributed by atoms with Crippen molar-refractivity contribution in [3.05, 3.63) is 0 Å². The molecule has 0 spiro atoms. The summed E-state index contributed by atoms with van der Waals surface area (Å²) in [6.45, 7) is 0. The quantitative estimate of drug-likeness (QED) is 0.796. The van der Waals surface area contributed by atoms with Gasteiger partial charge >= 0.3 is 5.97 Å². The zero-order valence-electron chi connectivity index (χ0n) is 10.4. The predicted octanol–water partition coefficient (Wildman–Crippen LogP) is 3.31. The van der Waals surface area contributed by atoms with Crippen LogP contribution in [0.4, 0.5) is 0 Å². The number of carboxylic acids is 1. The van der Waals surface area contributed by atoms with Crippen molar-refractivity contribution < 1.29 is 9.90 Å². The van der Waals surface area contributed by atoms with E-state index in [2.05, 4.69) is 0 Å². The Morgan fingerprint density at radius 1 is 0.882 bits per heavy atom. The van der Waals surface area contributed by atoms with E-state index in [4.69, 9.17) is 5.11 Å². The third kappa shape index (κ3) is 1.42. The number of carbonyl (C=O) groups is 1. The maximum absolute atomic E-state index is 11.0. The first kappa shape index (κ1) is 10.4. The molecule has 0 atom stereocenters. The van der Waals surface area contributed by atoms with Crippen molar-refractivity contribution in [2.24, 2.45) is 35.0 Å². The van der Waals surface area contributed by atoms with Crippen molar-refractivity contribution in [1.29, 1.82) is 0 Å². The number of aliphatic carboxylic acids is 1. The van der Waals surface area contributed by atoms with Gasteiger partial charge < -0.3 is 5.11 Å². The molecule has 1 N–H and O–H groups in total. The molecule has 2 nitrogen and oxygen atoms in total. The summed E-state index contributed by atoms with van der Waals surface area (Å²) in [4.78, 5) is 11.0. The fourth-order valence-electron chi connectivity index (χ4n) is 6.00. The molecule has 5 aliphatic rings. The lowest BCUT2D eigenvalue weighted by Gasteiger charge is -2.62. The second kappa shape index (κ2) is 3.27. The standard InChI is InChI=1S/C15H22O2/c16-14(17)12-4-13(5-12)15-6-9-1-10(7-15)3-11(2-9)8-15/h9-13H,1-8H2,(H,16,17). The molecule has 0 radical (unpaired) electrons. The molecule has 5 rings (SSSR count). The Bertz CT molecular complexity index is 319. The molecule has 0 aromatic heterocycles. The van der Waals surface area contributed by atoms with Crippen LogP contribution in [0.15, 0.2) is 0 Å². The highest BCUT2D eigenvalue weighted by atomic mass is 16.4. The number of rotatable bonds is 2. The molecule has 0 aromatic rings. The van der Waals surface area contributed by atoms with E-state index >= 15 is 0 Å². The Morgan fingerprint density at radius 3 is 1.76 bits per heavy atom. The molecule has 4 bridgehead atoms. The van der Waals surface area contributed by atoms with Crippen LogP contribution in [0.5, 0.6) is 0 Å². The molecule has 5 fully saturated rings. The third-order valence-electron chi connectivity index (χ3n) is 6.44. The highest BCUT2D eigenvalue weighted by Gasteiger charge is 2.57. The van der Waals surface area contributed by atoms with Gasteiger partial charge in [0.25, 0.3) is 0 Å². The molecular weight excluding hydrogens is 212 g/mol. The van der Waals surface area contributed by atoms with Gasteiger partial charge in [-0.3, -0.25) is 4.79 Å². The first-order valence-electron chi connectivity index (χ1n) is 7.37. The molecule has 5 saturated carbocycles. The molecule has 0 aromatic carbocycles. The summed E-state index contributed by atoms with van der Waals surface area (Å²) in [5, 5.41) is 9.03. The van der Waals surface area contributed by atoms with Gasteiger partial charge in [0.2, 0.25) is 0 Å². The first-order chi connectivity index (χ1) is 8.14. The topological polar surface area (TPSA) is 37.3 Å². The minimum absolute atomic E-state index is 0.00648. The van der Waals surface area contributed by atoms with E-state index in [0.717, 1.165) is 36.5 Å². The number of carboxylic acid groups (broad SMARTS) is 1. The minimum atomic E-state index is -0.550. The lowest BCUT2D eigenvalue weighted by atomic mass is 9.43. The van der Waals surface area contributed by atoms with Gasteiger partial charge in [0.1, 0.15) is 0 Å². The van der Waals surface area contributed by atoms with E-state index in [1.54, 1.807) is 0 Å². The molecule has 2 heteroatoms. The van der Waals surface area contributed by atoms with Gasteiger partial charge in [0, 0.05) is 0 Å². The molecule has 17 heavy (non-hydrogen) atoms. The van der Waals surface area contributed by atoms with Gasteiger partial charge in [-0.25, -0.2) is 0 Å². The molecule has 0 aliphatic heterocycles. The average molecular weight is 234 g/mol. The van der Waals surface area contributed by atoms with Crippen molar-refractivity contribution in [3.63, 3.8) is 0 Å². The molecule has 0 saturated heterocycles. The number of hydrogen-bond acceptors (Lipinski definition) is 1. The Hall–Kier alpha value is -0.530. The van der Waals surface area contributed by atoms with Gasteiger partial charge in [-0.05, 0) is 80.5 Å². The smallest absolute Gasteiger partial charge is 0.306 e. The molecule has 0 heterocycles. The first-order valence-corrected chi connectivity index (χ1v) is 7.37. The van der Waals surface area contributed by atoms with Crippen molar-refractivity contribution in [2.75, 3.05) is 0 Å². The average Bonchev–Trinajstić information content (AvgIpc) is 2.10. The van der Waals surface area contributed by atoms with Crippen molar-refractivity contribution in [3.8, 4) is 0 Å². The molecule has 94 valence electrons. The zero-order valence-corrected chi connectivity index (χ0v) is 10.4. The Balaban J connectivity index is 1.52. The summed E-state index contributed by atoms with van der Waals surface area (Å²) in [6, 6.07) is 0. The van der Waals surface area contributed by atoms with Gasteiger partial charge in [-0.15, -0.1) is 0 Å². The maximum Gasteiger partial charge on any atom is 0.306 e. The monoisotopic (exact) mass is 234 g/mol. The fraction of sp³-hybridized carbons (Fsp3) is 0.933. The SMILES string of the molecule is O=C(O)C1CC(C23CC4CC(CC(C4)C2)C3)C1. The van der Waals surface area contributed by atoms with Gasteiger partial charge in [-0.1, -0.05) is 0 Å². The van der Waals surface area contributed by atoms with Crippen molar-refractivity contribution in [1.82, 2.24) is 0 Å². The van der Waals surface area contributed by atoms with Gasteiger partial charge in [0.15, 0.2) is 0 Å². The van der Waals surface area contributed by atoms with E-state index in [9.17, 15) is 4.79 Å². The van der Waals surface area contributed by atoms with E-state index in [1.165, 1.54) is 38.5 Å². The molecule has 5 aliphatic carbocycles. The van der Waals surface area contributed by atoms with Gasteiger partial charge in [0.05, 0.1) is 5.92 Å². The van der Waals surface area contributed by atoms with Crippen LogP contribution < -0.4 is 0 Å². The van der Waals surface area contributed by atoms with Crippen LogP contribution in [-0.2, 0) is 4.79 Å². The summed E-state index contributed by atoms with van der Waals surface area (Å²) in [5.74, 6) is 3.22. The molecular formula is C15H22O2. The van der Waals surface area contributed by atoms with Gasteiger partial charge in [-0.2, -0.15) is 0 Å². The maximum atomic E-state index is 11.0. The Kier molecular flexibility index (Phi) is 2.00. The van der Waals surface area contributed by atoms with E-state index in [-0.39, 0.29) is 5.92 Å². The lowest BCUT2D eigenvalue weighted by Crippen LogP contribution is -2.53. The second-order valence-corrected chi connectivity index (χ2v) is 7.48. The van der Waals surface area contributed by atoms with Crippen LogP contribution >= 0.6 is 0 Å². The summed E-state index contributed by atoms with van der Waals surface area (Å²) >= 11 is 0. The predicted molar refractivity (Wildman–Crippen MR) is 64.5 cm³/mol. The second-order valence-electron chi connectivity index (χ2n) is 7.48. The number of hydrogen-bond donors (Lipinski definition) is 1. The fourth-order valence-corrected chi connectivity index (χ4v) is 6.00. The summed E-state index contributed by atoms with van der Waals surface area (Å²) in [6.07, 6.45) is 10.8. The summed E-state index contributed by atoms with van der Waals surface area (Å²) in [7, 11) is 0. The van der Waals surface area contributed by atoms with Crippen LogP contribution in [0.3, 0.4) is 0 Å². The van der Waals surface area contributed by atoms with Crippen LogP contribution in [-0.4, -0.2) is 11.1 Å². The lowest BCUT2D eigenvalue weighted by molar-refractivity contribution is -0.157. The molecule has 0 amide bonds. The minimum Gasteiger partial charge on any atom is -0.481 e. The summed E-state index contributed by atoms with van der Waals surface area (Å²) < 4.78 is 0. The molecule has 0 unspecified atom stereocenters. The normalized spacial score (nSPS) is 55.6. The highest BCUT2D eigenvalue weighted by molar-refractivity contribution is 5.71. The summed E-state index contributed by atoms with van der Waals surface area (Å²) in [5.41, 5.74) is 0.598. The van der Waals surface area contributed by atoms with E-state index in [0.29, 0.717) is 5.41 Å². The highest BCUT2D eigenvalue weighted by Crippen LogP contribution is 2.66. The third-order valence-corrected chi connectivity index (χ3v) is 6.44. The van der Waals surface area contributed by atoms with Crippen molar-refractivity contribution >= 4 is 5.97 Å². The van der Waals surface area contributed by atoms with Crippen LogP contribution in [0.1, 0.15) is 51.4 Å². The van der Waals surface area contributed by atoms with E-state index < -0.39 is 5.97 Å². The largest absolute Gasteiger partial charge is 0.481 e. The Labute approximate surface area is 103 Å². The van der Waals surface area contributed by atoms with Crippen molar-refractivity contribution in [2.45, 2.75) is 51.4 Å². The zero-order chi connectivity index (χ0) is 11.6. The van der Waals surface area contributed by atoms with Crippen LogP contribution in [0.25, 0.3) is 0 Å². The van der Waals surface area contributed by atoms with Crippen LogP contribution in [0, 0.1) is 35.0 Å². The van der Waals surface area contributed by atoms with E-state index in [1.807, 2.05) is 0 Å². The van der Waals surface area contributed by atoms with Crippen LogP contribution in [0.2, 0.25) is 0 Å².